The summed E-state index contributed by atoms with van der Waals surface area (Å²) in [6.07, 6.45) is -0.624. The van der Waals surface area contributed by atoms with Crippen molar-refractivity contribution in [3.63, 3.8) is 0 Å². The molecular weight excluding hydrogens is 304 g/mol. The predicted octanol–water partition coefficient (Wildman–Crippen LogP) is 3.67. The predicted molar refractivity (Wildman–Crippen MR) is 95.4 cm³/mol. The fourth-order valence-corrected chi connectivity index (χ4v) is 2.26. The fourth-order valence-electron chi connectivity index (χ4n) is 2.26. The van der Waals surface area contributed by atoms with Crippen LogP contribution in [0.25, 0.3) is 0 Å². The minimum Gasteiger partial charge on any atom is -0.481 e. The van der Waals surface area contributed by atoms with E-state index in [0.29, 0.717) is 17.1 Å². The van der Waals surface area contributed by atoms with Crippen LogP contribution in [-0.4, -0.2) is 17.9 Å². The molecule has 0 bridgehead atoms. The first kappa shape index (κ1) is 17.5. The third-order valence-corrected chi connectivity index (χ3v) is 3.48. The van der Waals surface area contributed by atoms with Crippen LogP contribution in [0.5, 0.6) is 5.75 Å². The number of amides is 2. The lowest BCUT2D eigenvalue weighted by Gasteiger charge is -2.16. The first-order chi connectivity index (χ1) is 11.3. The van der Waals surface area contributed by atoms with Crippen molar-refractivity contribution in [3.05, 3.63) is 53.6 Å². The maximum absolute atomic E-state index is 12.3. The van der Waals surface area contributed by atoms with Gasteiger partial charge in [0.05, 0.1) is 0 Å². The molecule has 126 valence electrons. The summed E-state index contributed by atoms with van der Waals surface area (Å²) in [5, 5.41) is 5.47. The van der Waals surface area contributed by atoms with Gasteiger partial charge in [-0.1, -0.05) is 17.7 Å². The maximum atomic E-state index is 12.3. The van der Waals surface area contributed by atoms with Gasteiger partial charge in [-0.2, -0.15) is 0 Å². The molecule has 0 aliphatic rings. The largest absolute Gasteiger partial charge is 0.481 e. The summed E-state index contributed by atoms with van der Waals surface area (Å²) in [5.41, 5.74) is 3.47. The Morgan fingerprint density at radius 2 is 1.54 bits per heavy atom. The number of rotatable bonds is 5. The summed E-state index contributed by atoms with van der Waals surface area (Å²) in [4.78, 5) is 23.2. The second-order valence-corrected chi connectivity index (χ2v) is 5.78. The minimum absolute atomic E-state index is 0.137. The summed E-state index contributed by atoms with van der Waals surface area (Å²) >= 11 is 0. The quantitative estimate of drug-likeness (QED) is 0.881. The molecule has 2 rings (SSSR count). The Bertz CT molecular complexity index is 739. The molecule has 0 radical (unpaired) electrons. The zero-order valence-corrected chi connectivity index (χ0v) is 14.3. The summed E-state index contributed by atoms with van der Waals surface area (Å²) in [6.45, 7) is 7.12. The van der Waals surface area contributed by atoms with Gasteiger partial charge in [-0.3, -0.25) is 9.59 Å². The highest BCUT2D eigenvalue weighted by molar-refractivity contribution is 5.94. The number of hydrogen-bond donors (Lipinski definition) is 2. The summed E-state index contributed by atoms with van der Waals surface area (Å²) in [5.74, 6) is 0.328. The molecule has 2 amide bonds. The Balaban J connectivity index is 1.97. The van der Waals surface area contributed by atoms with Crippen molar-refractivity contribution in [3.8, 4) is 5.75 Å². The van der Waals surface area contributed by atoms with Gasteiger partial charge in [0.15, 0.2) is 6.10 Å². The molecule has 0 aliphatic carbocycles. The summed E-state index contributed by atoms with van der Waals surface area (Å²) < 4.78 is 5.74. The van der Waals surface area contributed by atoms with E-state index in [1.54, 1.807) is 31.2 Å². The molecule has 1 atom stereocenters. The van der Waals surface area contributed by atoms with Gasteiger partial charge < -0.3 is 15.4 Å². The van der Waals surface area contributed by atoms with E-state index in [4.69, 9.17) is 4.74 Å². The zero-order chi connectivity index (χ0) is 17.7. The van der Waals surface area contributed by atoms with Crippen LogP contribution in [0.4, 0.5) is 11.4 Å². The number of aryl methyl sites for hydroxylation is 2. The van der Waals surface area contributed by atoms with E-state index in [0.717, 1.165) is 11.1 Å². The van der Waals surface area contributed by atoms with Gasteiger partial charge in [-0.05, 0) is 56.7 Å². The molecule has 1 unspecified atom stereocenters. The van der Waals surface area contributed by atoms with Crippen LogP contribution in [0.15, 0.2) is 42.5 Å². The molecule has 2 aromatic rings. The molecule has 0 fully saturated rings. The smallest absolute Gasteiger partial charge is 0.265 e. The van der Waals surface area contributed by atoms with Crippen molar-refractivity contribution in [1.29, 1.82) is 0 Å². The Morgan fingerprint density at radius 1 is 0.958 bits per heavy atom. The van der Waals surface area contributed by atoms with Gasteiger partial charge in [0.2, 0.25) is 5.91 Å². The van der Waals surface area contributed by atoms with Crippen LogP contribution in [0.3, 0.4) is 0 Å². The second-order valence-electron chi connectivity index (χ2n) is 5.78. The van der Waals surface area contributed by atoms with Crippen LogP contribution >= 0.6 is 0 Å². The van der Waals surface area contributed by atoms with Crippen LogP contribution in [0.2, 0.25) is 0 Å². The van der Waals surface area contributed by atoms with Crippen molar-refractivity contribution >= 4 is 23.2 Å². The van der Waals surface area contributed by atoms with E-state index < -0.39 is 6.10 Å². The summed E-state index contributed by atoms with van der Waals surface area (Å²) in [7, 11) is 0. The van der Waals surface area contributed by atoms with Crippen LogP contribution in [0.1, 0.15) is 25.0 Å². The average molecular weight is 326 g/mol. The third kappa shape index (κ3) is 4.84. The molecule has 5 nitrogen and oxygen atoms in total. The molecule has 24 heavy (non-hydrogen) atoms. The van der Waals surface area contributed by atoms with Crippen molar-refractivity contribution < 1.29 is 14.3 Å². The molecule has 5 heteroatoms. The topological polar surface area (TPSA) is 67.4 Å². The minimum atomic E-state index is -0.624. The van der Waals surface area contributed by atoms with E-state index in [1.807, 2.05) is 32.0 Å². The molecule has 0 saturated carbocycles. The van der Waals surface area contributed by atoms with Crippen LogP contribution in [-0.2, 0) is 9.59 Å². The lowest BCUT2D eigenvalue weighted by molar-refractivity contribution is -0.122. The Morgan fingerprint density at radius 3 is 2.08 bits per heavy atom. The van der Waals surface area contributed by atoms with Crippen molar-refractivity contribution in [2.75, 3.05) is 10.6 Å². The van der Waals surface area contributed by atoms with Crippen molar-refractivity contribution in [1.82, 2.24) is 0 Å². The molecule has 2 N–H and O–H groups in total. The Hall–Kier alpha value is -2.82. The monoisotopic (exact) mass is 326 g/mol. The van der Waals surface area contributed by atoms with E-state index in [2.05, 4.69) is 10.6 Å². The third-order valence-electron chi connectivity index (χ3n) is 3.48. The number of benzene rings is 2. The van der Waals surface area contributed by atoms with Gasteiger partial charge >= 0.3 is 0 Å². The van der Waals surface area contributed by atoms with Gasteiger partial charge in [-0.15, -0.1) is 0 Å². The van der Waals surface area contributed by atoms with Crippen molar-refractivity contribution in [2.24, 2.45) is 0 Å². The zero-order valence-electron chi connectivity index (χ0n) is 14.3. The Kier molecular flexibility index (Phi) is 5.58. The van der Waals surface area contributed by atoms with Gasteiger partial charge in [0.25, 0.3) is 5.91 Å². The standard InChI is InChI=1S/C19H22N2O3/c1-12-5-10-18(13(2)11-12)24-14(3)19(23)21-17-8-6-16(7-9-17)20-15(4)22/h5-11,14H,1-4H3,(H,20,22)(H,21,23). The lowest BCUT2D eigenvalue weighted by atomic mass is 10.1. The van der Waals surface area contributed by atoms with Crippen molar-refractivity contribution in [2.45, 2.75) is 33.8 Å². The molecule has 0 aliphatic heterocycles. The highest BCUT2D eigenvalue weighted by Crippen LogP contribution is 2.20. The lowest BCUT2D eigenvalue weighted by Crippen LogP contribution is -2.30. The second kappa shape index (κ2) is 7.64. The number of nitrogens with one attached hydrogen (secondary N) is 2. The maximum Gasteiger partial charge on any atom is 0.265 e. The number of anilines is 2. The van der Waals surface area contributed by atoms with Gasteiger partial charge in [0.1, 0.15) is 5.75 Å². The summed E-state index contributed by atoms with van der Waals surface area (Å²) in [6, 6.07) is 12.8. The molecule has 0 heterocycles. The first-order valence-electron chi connectivity index (χ1n) is 7.77. The van der Waals surface area contributed by atoms with Crippen LogP contribution in [0, 0.1) is 13.8 Å². The molecule has 2 aromatic carbocycles. The normalized spacial score (nSPS) is 11.5. The molecule has 0 aromatic heterocycles. The van der Waals surface area contributed by atoms with Crippen LogP contribution < -0.4 is 15.4 Å². The van der Waals surface area contributed by atoms with Gasteiger partial charge in [0, 0.05) is 18.3 Å². The van der Waals surface area contributed by atoms with E-state index in [-0.39, 0.29) is 11.8 Å². The number of carbonyl (C=O) groups excluding carboxylic acids is 2. The SMILES string of the molecule is CC(=O)Nc1ccc(NC(=O)C(C)Oc2ccc(C)cc2C)cc1. The number of ether oxygens (including phenoxy) is 1. The number of carbonyl (C=O) groups is 2. The highest BCUT2D eigenvalue weighted by atomic mass is 16.5. The van der Waals surface area contributed by atoms with E-state index in [1.165, 1.54) is 6.92 Å². The average Bonchev–Trinajstić information content (AvgIpc) is 2.51. The van der Waals surface area contributed by atoms with E-state index >= 15 is 0 Å². The highest BCUT2D eigenvalue weighted by Gasteiger charge is 2.16. The van der Waals surface area contributed by atoms with E-state index in [9.17, 15) is 9.59 Å². The fraction of sp³-hybridized carbons (Fsp3) is 0.263. The first-order valence-corrected chi connectivity index (χ1v) is 7.77. The molecular formula is C19H22N2O3. The molecule has 0 spiro atoms. The number of hydrogen-bond acceptors (Lipinski definition) is 3. The Labute approximate surface area is 142 Å². The molecule has 0 saturated heterocycles. The van der Waals surface area contributed by atoms with Gasteiger partial charge in [-0.25, -0.2) is 0 Å².